The maximum atomic E-state index is 13.0. The van der Waals surface area contributed by atoms with E-state index < -0.39 is 35.4 Å². The van der Waals surface area contributed by atoms with Crippen LogP contribution < -0.4 is 4.74 Å². The zero-order chi connectivity index (χ0) is 26.7. The van der Waals surface area contributed by atoms with Crippen LogP contribution in [0.15, 0.2) is 66.7 Å². The summed E-state index contributed by atoms with van der Waals surface area (Å²) in [6.45, 7) is 3.66. The van der Waals surface area contributed by atoms with Crippen molar-refractivity contribution in [3.63, 3.8) is 0 Å². The molecule has 0 saturated carbocycles. The summed E-state index contributed by atoms with van der Waals surface area (Å²) in [6.07, 6.45) is -8.64. The number of rotatable bonds is 8. The van der Waals surface area contributed by atoms with E-state index in [1.807, 2.05) is 13.8 Å². The fraction of sp³-hybridized carbons (Fsp3) is 0.296. The van der Waals surface area contributed by atoms with E-state index in [0.29, 0.717) is 28.7 Å². The molecule has 0 aromatic heterocycles. The third-order valence-electron chi connectivity index (χ3n) is 5.57. The second-order valence-corrected chi connectivity index (χ2v) is 8.87. The average Bonchev–Trinajstić information content (AvgIpc) is 2.80. The molecule has 0 saturated heterocycles. The van der Waals surface area contributed by atoms with Crippen molar-refractivity contribution >= 4 is 5.97 Å². The minimum absolute atomic E-state index is 0.0531. The van der Waals surface area contributed by atoms with Gasteiger partial charge >= 0.3 is 18.3 Å². The number of ether oxygens (including phenoxy) is 1. The second-order valence-electron chi connectivity index (χ2n) is 8.87. The van der Waals surface area contributed by atoms with Crippen LogP contribution in [0.1, 0.15) is 48.4 Å². The molecule has 0 bridgehead atoms. The van der Waals surface area contributed by atoms with Gasteiger partial charge in [0, 0.05) is 0 Å². The molecule has 0 radical (unpaired) electrons. The van der Waals surface area contributed by atoms with E-state index in [1.165, 1.54) is 24.3 Å². The fourth-order valence-corrected chi connectivity index (χ4v) is 3.73. The van der Waals surface area contributed by atoms with Crippen LogP contribution in [0.25, 0.3) is 11.1 Å². The van der Waals surface area contributed by atoms with Gasteiger partial charge in [-0.05, 0) is 71.0 Å². The largest absolute Gasteiger partial charge is 0.489 e. The number of benzene rings is 3. The summed E-state index contributed by atoms with van der Waals surface area (Å²) in [5.74, 6) is -1.63. The lowest BCUT2D eigenvalue weighted by atomic mass is 9.88. The molecule has 0 amide bonds. The van der Waals surface area contributed by atoms with Crippen molar-refractivity contribution in [2.75, 3.05) is 0 Å². The number of carboxylic acid groups (broad SMARTS) is 1. The lowest BCUT2D eigenvalue weighted by molar-refractivity contribution is -0.139. The molecule has 0 aliphatic rings. The quantitative estimate of drug-likeness (QED) is 0.311. The normalized spacial score (nSPS) is 13.0. The second kappa shape index (κ2) is 10.6. The van der Waals surface area contributed by atoms with E-state index in [2.05, 4.69) is 0 Å². The maximum Gasteiger partial charge on any atom is 0.416 e. The first-order valence-corrected chi connectivity index (χ1v) is 11.1. The van der Waals surface area contributed by atoms with E-state index in [1.54, 1.807) is 18.2 Å². The number of alkyl halides is 6. The smallest absolute Gasteiger partial charge is 0.416 e. The van der Waals surface area contributed by atoms with Gasteiger partial charge in [0.2, 0.25) is 0 Å². The predicted octanol–water partition coefficient (Wildman–Crippen LogP) is 8.18. The van der Waals surface area contributed by atoms with Gasteiger partial charge in [-0.25, -0.2) is 0 Å². The molecule has 0 aliphatic carbocycles. The fourth-order valence-electron chi connectivity index (χ4n) is 3.73. The molecule has 192 valence electrons. The third kappa shape index (κ3) is 7.02. The minimum Gasteiger partial charge on any atom is -0.489 e. The Hall–Kier alpha value is -3.49. The van der Waals surface area contributed by atoms with Gasteiger partial charge in [0.15, 0.2) is 0 Å². The van der Waals surface area contributed by atoms with Crippen LogP contribution in [0.4, 0.5) is 26.3 Å². The van der Waals surface area contributed by atoms with E-state index in [4.69, 9.17) is 4.74 Å². The molecule has 9 heteroatoms. The van der Waals surface area contributed by atoms with E-state index in [-0.39, 0.29) is 18.3 Å². The Morgan fingerprint density at radius 3 is 1.81 bits per heavy atom. The highest BCUT2D eigenvalue weighted by molar-refractivity contribution is 5.78. The van der Waals surface area contributed by atoms with Gasteiger partial charge in [-0.1, -0.05) is 44.2 Å². The average molecular weight is 510 g/mol. The summed E-state index contributed by atoms with van der Waals surface area (Å²) in [4.78, 5) is 12.0. The van der Waals surface area contributed by atoms with Crippen molar-refractivity contribution in [1.29, 1.82) is 0 Å². The molecule has 0 aliphatic heterocycles. The van der Waals surface area contributed by atoms with Crippen molar-refractivity contribution in [2.45, 2.75) is 45.1 Å². The number of aliphatic carboxylic acids is 1. The molecule has 0 unspecified atom stereocenters. The van der Waals surface area contributed by atoms with Crippen LogP contribution in [0, 0.1) is 5.92 Å². The summed E-state index contributed by atoms with van der Waals surface area (Å²) < 4.78 is 83.1. The van der Waals surface area contributed by atoms with Crippen molar-refractivity contribution < 1.29 is 41.0 Å². The molecule has 0 heterocycles. The summed E-state index contributed by atoms with van der Waals surface area (Å²) >= 11 is 0. The molecule has 0 spiro atoms. The first-order chi connectivity index (χ1) is 16.7. The van der Waals surface area contributed by atoms with Crippen LogP contribution >= 0.6 is 0 Å². The molecule has 3 aromatic carbocycles. The highest BCUT2D eigenvalue weighted by Gasteiger charge is 2.31. The van der Waals surface area contributed by atoms with Gasteiger partial charge in [0.1, 0.15) is 12.4 Å². The zero-order valence-corrected chi connectivity index (χ0v) is 19.5. The summed E-state index contributed by atoms with van der Waals surface area (Å²) in [7, 11) is 0. The van der Waals surface area contributed by atoms with Crippen LogP contribution in [0.2, 0.25) is 0 Å². The van der Waals surface area contributed by atoms with Crippen molar-refractivity contribution in [3.8, 4) is 16.9 Å². The number of hydrogen-bond acceptors (Lipinski definition) is 2. The number of carboxylic acids is 1. The molecule has 0 fully saturated rings. The molecule has 1 N–H and O–H groups in total. The topological polar surface area (TPSA) is 46.5 Å². The maximum absolute atomic E-state index is 13.0. The highest BCUT2D eigenvalue weighted by Crippen LogP contribution is 2.35. The Balaban J connectivity index is 1.96. The number of halogens is 6. The van der Waals surface area contributed by atoms with Crippen molar-refractivity contribution in [1.82, 2.24) is 0 Å². The monoisotopic (exact) mass is 510 g/mol. The van der Waals surface area contributed by atoms with Gasteiger partial charge in [0.05, 0.1) is 17.0 Å². The summed E-state index contributed by atoms with van der Waals surface area (Å²) in [6, 6.07) is 13.6. The van der Waals surface area contributed by atoms with Crippen LogP contribution in [0.5, 0.6) is 5.75 Å². The highest BCUT2D eigenvalue weighted by atomic mass is 19.4. The van der Waals surface area contributed by atoms with Crippen LogP contribution in [-0.2, 0) is 23.8 Å². The Morgan fingerprint density at radius 2 is 1.33 bits per heavy atom. The summed E-state index contributed by atoms with van der Waals surface area (Å²) in [5.41, 5.74) is 0.147. The molecule has 3 nitrogen and oxygen atoms in total. The van der Waals surface area contributed by atoms with Gasteiger partial charge in [0.25, 0.3) is 0 Å². The molecule has 3 rings (SSSR count). The van der Waals surface area contributed by atoms with E-state index in [9.17, 15) is 36.2 Å². The van der Waals surface area contributed by atoms with E-state index >= 15 is 0 Å². The third-order valence-corrected chi connectivity index (χ3v) is 5.57. The SMILES string of the molecule is CC(C)C[C@@H](C(=O)O)c1cc(OCc2ccc(C(F)(F)F)cc2)cc(-c2ccc(C(F)(F)F)cc2)c1. The molecule has 3 aromatic rings. The van der Waals surface area contributed by atoms with Crippen molar-refractivity contribution in [3.05, 3.63) is 89.0 Å². The Kier molecular flexibility index (Phi) is 8.01. The van der Waals surface area contributed by atoms with Crippen molar-refractivity contribution in [2.24, 2.45) is 5.92 Å². The summed E-state index contributed by atoms with van der Waals surface area (Å²) in [5, 5.41) is 9.80. The first-order valence-electron chi connectivity index (χ1n) is 11.1. The minimum atomic E-state index is -4.50. The Bertz CT molecular complexity index is 1180. The van der Waals surface area contributed by atoms with E-state index in [0.717, 1.165) is 24.3 Å². The van der Waals surface area contributed by atoms with Crippen LogP contribution in [0.3, 0.4) is 0 Å². The standard InChI is InChI=1S/C27H24F6O3/c1-16(2)11-24(25(34)35)20-12-19(18-5-9-22(10-6-18)27(31,32)33)13-23(14-20)36-15-17-3-7-21(8-4-17)26(28,29)30/h3-10,12-14,16,24H,11,15H2,1-2H3,(H,34,35)/t24-/m1/s1. The zero-order valence-electron chi connectivity index (χ0n) is 19.5. The molecular formula is C27H24F6O3. The first kappa shape index (κ1) is 27.1. The van der Waals surface area contributed by atoms with Gasteiger partial charge < -0.3 is 9.84 Å². The number of hydrogen-bond donors (Lipinski definition) is 1. The lowest BCUT2D eigenvalue weighted by Gasteiger charge is -2.18. The Morgan fingerprint density at radius 1 is 0.806 bits per heavy atom. The van der Waals surface area contributed by atoms with Crippen LogP contribution in [-0.4, -0.2) is 11.1 Å². The molecule has 36 heavy (non-hydrogen) atoms. The predicted molar refractivity (Wildman–Crippen MR) is 122 cm³/mol. The van der Waals surface area contributed by atoms with Gasteiger partial charge in [-0.2, -0.15) is 26.3 Å². The lowest BCUT2D eigenvalue weighted by Crippen LogP contribution is -2.14. The number of carbonyl (C=O) groups is 1. The van der Waals surface area contributed by atoms with Gasteiger partial charge in [-0.3, -0.25) is 4.79 Å². The molecule has 1 atom stereocenters. The van der Waals surface area contributed by atoms with Gasteiger partial charge in [-0.15, -0.1) is 0 Å². The Labute approximate surface area is 204 Å². The molecular weight excluding hydrogens is 486 g/mol.